The second-order valence-corrected chi connectivity index (χ2v) is 8.72. The number of nitrogens with zero attached hydrogens (tertiary/aromatic N) is 3. The molecule has 8 nitrogen and oxygen atoms in total. The van der Waals surface area contributed by atoms with E-state index in [1.165, 1.54) is 18.5 Å². The van der Waals surface area contributed by atoms with E-state index in [1.807, 2.05) is 0 Å². The molecule has 11 heteroatoms. The lowest BCUT2D eigenvalue weighted by atomic mass is 9.68. The number of hydrogen-bond acceptors (Lipinski definition) is 7. The quantitative estimate of drug-likeness (QED) is 0.434. The third kappa shape index (κ3) is 4.56. The van der Waals surface area contributed by atoms with Gasteiger partial charge in [-0.15, -0.1) is 0 Å². The van der Waals surface area contributed by atoms with Gasteiger partial charge in [0.15, 0.2) is 11.5 Å². The van der Waals surface area contributed by atoms with E-state index in [2.05, 4.69) is 20.3 Å². The Balaban J connectivity index is 1.63. The number of carbonyl (C=O) groups is 1. The van der Waals surface area contributed by atoms with Crippen molar-refractivity contribution < 1.29 is 28.2 Å². The summed E-state index contributed by atoms with van der Waals surface area (Å²) in [4.78, 5) is 24.9. The van der Waals surface area contributed by atoms with Gasteiger partial charge in [-0.3, -0.25) is 9.78 Å². The van der Waals surface area contributed by atoms with Crippen LogP contribution >= 0.6 is 0 Å². The summed E-state index contributed by atoms with van der Waals surface area (Å²) in [5, 5.41) is 23.5. The highest BCUT2D eigenvalue weighted by Crippen LogP contribution is 2.44. The average Bonchev–Trinajstić information content (AvgIpc) is 2.83. The third-order valence-corrected chi connectivity index (χ3v) is 6.55. The minimum absolute atomic E-state index is 0.0734. The largest absolute Gasteiger partial charge is 0.396 e. The Morgan fingerprint density at radius 1 is 1.23 bits per heavy atom. The second kappa shape index (κ2) is 9.59. The molecule has 1 saturated carbocycles. The number of benzene rings is 1. The minimum atomic E-state index is -1.83. The fourth-order valence-electron chi connectivity index (χ4n) is 4.46. The van der Waals surface area contributed by atoms with E-state index in [9.17, 15) is 28.2 Å². The SMILES string of the molecule is C[C@H]1C[C@@H](c2ccncc2NC(=O)c2nc(-c3c(F)cccc3F)ncc2N)C[C@@H](O)[C@@]1(O)CF. The summed E-state index contributed by atoms with van der Waals surface area (Å²) in [6.45, 7) is 0.583. The molecule has 2 aromatic heterocycles. The van der Waals surface area contributed by atoms with Gasteiger partial charge in [0.25, 0.3) is 5.91 Å². The Labute approximate surface area is 199 Å². The van der Waals surface area contributed by atoms with Gasteiger partial charge in [0.05, 0.1) is 35.4 Å². The average molecular weight is 487 g/mol. The molecule has 1 aliphatic carbocycles. The van der Waals surface area contributed by atoms with Crippen LogP contribution in [0.15, 0.2) is 42.9 Å². The number of nitrogens with two attached hydrogens (primary N) is 1. The van der Waals surface area contributed by atoms with Gasteiger partial charge in [-0.05, 0) is 48.4 Å². The molecule has 1 amide bonds. The lowest BCUT2D eigenvalue weighted by Gasteiger charge is -2.43. The Morgan fingerprint density at radius 3 is 2.60 bits per heavy atom. The monoisotopic (exact) mass is 487 g/mol. The third-order valence-electron chi connectivity index (χ3n) is 6.55. The highest BCUT2D eigenvalue weighted by atomic mass is 19.1. The number of amides is 1. The summed E-state index contributed by atoms with van der Waals surface area (Å²) in [6.07, 6.45) is 3.13. The van der Waals surface area contributed by atoms with E-state index >= 15 is 0 Å². The maximum Gasteiger partial charge on any atom is 0.276 e. The molecule has 184 valence electrons. The molecule has 3 aromatic rings. The molecule has 0 bridgehead atoms. The van der Waals surface area contributed by atoms with Crippen LogP contribution in [0, 0.1) is 17.6 Å². The molecule has 0 saturated heterocycles. The lowest BCUT2D eigenvalue weighted by Crippen LogP contribution is -2.53. The van der Waals surface area contributed by atoms with Gasteiger partial charge in [0, 0.05) is 6.20 Å². The van der Waals surface area contributed by atoms with Crippen molar-refractivity contribution >= 4 is 17.3 Å². The van der Waals surface area contributed by atoms with Crippen LogP contribution in [0.1, 0.15) is 41.7 Å². The highest BCUT2D eigenvalue weighted by Gasteiger charge is 2.47. The fourth-order valence-corrected chi connectivity index (χ4v) is 4.46. The molecular formula is C24H24F3N5O3. The zero-order chi connectivity index (χ0) is 25.3. The predicted molar refractivity (Wildman–Crippen MR) is 122 cm³/mol. The number of rotatable bonds is 5. The molecule has 4 rings (SSSR count). The molecule has 1 fully saturated rings. The first-order valence-electron chi connectivity index (χ1n) is 10.9. The Kier molecular flexibility index (Phi) is 6.73. The maximum absolute atomic E-state index is 14.2. The van der Waals surface area contributed by atoms with Crippen molar-refractivity contribution in [3.8, 4) is 11.4 Å². The molecule has 1 aliphatic rings. The molecule has 0 aliphatic heterocycles. The number of hydrogen-bond donors (Lipinski definition) is 4. The smallest absolute Gasteiger partial charge is 0.276 e. The summed E-state index contributed by atoms with van der Waals surface area (Å²) in [5.74, 6) is -3.75. The summed E-state index contributed by atoms with van der Waals surface area (Å²) >= 11 is 0. The van der Waals surface area contributed by atoms with Crippen LogP contribution in [0.3, 0.4) is 0 Å². The van der Waals surface area contributed by atoms with Crippen molar-refractivity contribution in [2.24, 2.45) is 5.92 Å². The van der Waals surface area contributed by atoms with Gasteiger partial charge in [-0.2, -0.15) is 0 Å². The molecule has 0 radical (unpaired) electrons. The first kappa shape index (κ1) is 24.6. The molecule has 2 heterocycles. The van der Waals surface area contributed by atoms with E-state index in [0.29, 0.717) is 17.7 Å². The first-order valence-corrected chi connectivity index (χ1v) is 10.9. The van der Waals surface area contributed by atoms with Crippen LogP contribution in [0.5, 0.6) is 0 Å². The molecule has 5 N–H and O–H groups in total. The summed E-state index contributed by atoms with van der Waals surface area (Å²) in [5.41, 5.74) is 4.06. The van der Waals surface area contributed by atoms with Crippen LogP contribution in [0.2, 0.25) is 0 Å². The van der Waals surface area contributed by atoms with E-state index in [-0.39, 0.29) is 29.5 Å². The predicted octanol–water partition coefficient (Wildman–Crippen LogP) is 3.23. The van der Waals surface area contributed by atoms with E-state index in [0.717, 1.165) is 18.3 Å². The fraction of sp³-hybridized carbons (Fsp3) is 0.333. The summed E-state index contributed by atoms with van der Waals surface area (Å²) in [7, 11) is 0. The number of aliphatic hydroxyl groups is 2. The molecule has 35 heavy (non-hydrogen) atoms. The number of carbonyl (C=O) groups excluding carboxylic acids is 1. The van der Waals surface area contributed by atoms with Crippen molar-refractivity contribution in [3.05, 3.63) is 65.7 Å². The number of alkyl halides is 1. The first-order chi connectivity index (χ1) is 16.7. The molecule has 4 atom stereocenters. The van der Waals surface area contributed by atoms with E-state index < -0.39 is 47.4 Å². The minimum Gasteiger partial charge on any atom is -0.396 e. The van der Waals surface area contributed by atoms with E-state index in [1.54, 1.807) is 13.0 Å². The van der Waals surface area contributed by atoms with Crippen molar-refractivity contribution in [3.63, 3.8) is 0 Å². The van der Waals surface area contributed by atoms with Gasteiger partial charge in [-0.1, -0.05) is 13.0 Å². The van der Waals surface area contributed by atoms with Gasteiger partial charge in [-0.25, -0.2) is 23.1 Å². The van der Waals surface area contributed by atoms with Crippen LogP contribution in [0.25, 0.3) is 11.4 Å². The van der Waals surface area contributed by atoms with Gasteiger partial charge < -0.3 is 21.3 Å². The number of aliphatic hydroxyl groups excluding tert-OH is 1. The Bertz CT molecular complexity index is 1230. The second-order valence-electron chi connectivity index (χ2n) is 8.72. The molecule has 0 unspecified atom stereocenters. The van der Waals surface area contributed by atoms with Crippen molar-refractivity contribution in [2.45, 2.75) is 37.4 Å². The van der Waals surface area contributed by atoms with Gasteiger partial charge in [0.2, 0.25) is 0 Å². The van der Waals surface area contributed by atoms with Crippen LogP contribution in [-0.4, -0.2) is 49.5 Å². The van der Waals surface area contributed by atoms with Crippen molar-refractivity contribution in [1.29, 1.82) is 0 Å². The number of halogens is 3. The van der Waals surface area contributed by atoms with Crippen LogP contribution in [0.4, 0.5) is 24.5 Å². The summed E-state index contributed by atoms with van der Waals surface area (Å²) in [6, 6.07) is 4.94. The van der Waals surface area contributed by atoms with Gasteiger partial charge in [0.1, 0.15) is 23.9 Å². The molecular weight excluding hydrogens is 463 g/mol. The van der Waals surface area contributed by atoms with Crippen LogP contribution < -0.4 is 11.1 Å². The Hall–Kier alpha value is -3.57. The standard InChI is InChI=1S/C24H24F3N5O3/c1-12-7-13(8-19(33)24(12,35)11-25)14-5-6-29-10-18(14)31-23(34)21-17(28)9-30-22(32-21)20-15(26)3-2-4-16(20)27/h2-6,9-10,12-13,19,33,35H,7-8,11,28H2,1H3,(H,31,34)/t12-,13+,19+,24+/m0/s1. The zero-order valence-corrected chi connectivity index (χ0v) is 18.8. The van der Waals surface area contributed by atoms with Crippen LogP contribution in [-0.2, 0) is 0 Å². The van der Waals surface area contributed by atoms with Crippen molar-refractivity contribution in [1.82, 2.24) is 15.0 Å². The van der Waals surface area contributed by atoms with E-state index in [4.69, 9.17) is 5.73 Å². The number of anilines is 2. The topological polar surface area (TPSA) is 134 Å². The number of nitrogens with one attached hydrogen (secondary N) is 1. The summed E-state index contributed by atoms with van der Waals surface area (Å²) < 4.78 is 41.8. The molecule has 1 aromatic carbocycles. The number of pyridine rings is 1. The molecule has 0 spiro atoms. The number of aromatic nitrogens is 3. The lowest BCUT2D eigenvalue weighted by molar-refractivity contribution is -0.146. The highest BCUT2D eigenvalue weighted by molar-refractivity contribution is 6.06. The maximum atomic E-state index is 14.2. The normalized spacial score (nSPS) is 24.2. The van der Waals surface area contributed by atoms with Crippen molar-refractivity contribution in [2.75, 3.05) is 17.7 Å². The number of nitrogen functional groups attached to an aromatic ring is 1. The Morgan fingerprint density at radius 2 is 1.94 bits per heavy atom. The zero-order valence-electron chi connectivity index (χ0n) is 18.8. The van der Waals surface area contributed by atoms with Gasteiger partial charge >= 0.3 is 0 Å².